The molecule has 2 aliphatic heterocycles. The quantitative estimate of drug-likeness (QED) is 0.0841. The van der Waals surface area contributed by atoms with Gasteiger partial charge in [-0.1, -0.05) is 99.6 Å². The van der Waals surface area contributed by atoms with Crippen LogP contribution in [-0.2, 0) is 45.5 Å². The van der Waals surface area contributed by atoms with Crippen molar-refractivity contribution in [2.75, 3.05) is 50.9 Å². The number of urea groups is 1. The number of hydrogen-bond donors (Lipinski definition) is 4. The Balaban J connectivity index is 0.000000164. The second-order valence-corrected chi connectivity index (χ2v) is 32.7. The van der Waals surface area contributed by atoms with Gasteiger partial charge in [-0.15, -0.1) is 4.36 Å². The number of fused-ring (bicyclic) bond motifs is 2. The summed E-state index contributed by atoms with van der Waals surface area (Å²) in [4.78, 5) is 40.1. The Morgan fingerprint density at radius 3 is 1.48 bits per heavy atom. The number of hydrogen-bond acceptors (Lipinski definition) is 12. The largest absolute Gasteiger partial charge is 0.474 e. The Morgan fingerprint density at radius 2 is 1.02 bits per heavy atom. The molecule has 2 aromatic heterocycles. The summed E-state index contributed by atoms with van der Waals surface area (Å²) in [7, 11) is -3.87. The predicted molar refractivity (Wildman–Crippen MR) is 347 cm³/mol. The second kappa shape index (κ2) is 28.0. The molecule has 2 saturated heterocycles. The Kier molecular flexibility index (Phi) is 20.6. The van der Waals surface area contributed by atoms with Gasteiger partial charge in [-0.05, 0) is 178 Å². The molecule has 86 heavy (non-hydrogen) atoms. The first kappa shape index (κ1) is 63.2. The van der Waals surface area contributed by atoms with E-state index >= 15 is 0 Å². The maximum atomic E-state index is 13.0. The average Bonchev–Trinajstić information content (AvgIpc) is 2.37. The monoisotopic (exact) mass is 1220 g/mol. The van der Waals surface area contributed by atoms with Crippen molar-refractivity contribution in [3.63, 3.8) is 0 Å². The normalized spacial score (nSPS) is 16.9. The standard InChI is InChI=1S/C27H31N5O3S.C27H29N3O3.C12H22N2OSSi/c1-32-16-13-21(14-17-32)35-25-18-20(12-15-29-25)24-11-10-19-6-5-9-23(19)26(24)30-27(33)31-36(28,34)22-7-3-2-4-8-22;1-30-16-13-22(14-17-30)32-25-18-20(12-15-28-25)24-11-10-19-6-5-9-23(19)26(24)29-27(31)33-21-7-3-2-4-8-21;1-12(2,3)17(4,5)14-16(13,15)11-9-7-6-8-10-11/h2-4,7-8,10-12,15,18,21H,5-6,9,13-14,16-17H2,1H3,(H3,28,30,31,33,34);2-4,7-8,10-12,15,18,22H,5-6,9,13-14,16-17H2,1H3,(H,29,31);6-10H,1-5H3,(H2,13,14,15). The molecule has 2 aliphatic carbocycles. The number of ether oxygens (including phenoxy) is 3. The van der Waals surface area contributed by atoms with Gasteiger partial charge in [0, 0.05) is 61.8 Å². The van der Waals surface area contributed by atoms with E-state index in [1.807, 2.05) is 66.7 Å². The molecular weight excluding hydrogens is 1140 g/mol. The van der Waals surface area contributed by atoms with Crippen molar-refractivity contribution in [2.24, 2.45) is 18.7 Å². The number of carbonyl (C=O) groups is 2. The molecule has 17 nitrogen and oxygen atoms in total. The van der Waals surface area contributed by atoms with Gasteiger partial charge in [-0.3, -0.25) is 9.35 Å². The number of amides is 3. The third-order valence-electron chi connectivity index (χ3n) is 16.6. The number of piperidine rings is 2. The minimum atomic E-state index is -3.37. The topological polar surface area (TPSA) is 229 Å². The van der Waals surface area contributed by atoms with Gasteiger partial charge in [-0.25, -0.2) is 38.3 Å². The van der Waals surface area contributed by atoms with Crippen LogP contribution in [0.15, 0.2) is 170 Å². The van der Waals surface area contributed by atoms with Gasteiger partial charge in [0.25, 0.3) is 0 Å². The van der Waals surface area contributed by atoms with E-state index in [0.717, 1.165) is 124 Å². The lowest BCUT2D eigenvalue weighted by Crippen LogP contribution is -2.37. The Morgan fingerprint density at radius 1 is 0.593 bits per heavy atom. The summed E-state index contributed by atoms with van der Waals surface area (Å²) >= 11 is 0. The van der Waals surface area contributed by atoms with Gasteiger partial charge in [0.2, 0.25) is 11.8 Å². The van der Waals surface area contributed by atoms with Crippen LogP contribution in [0.1, 0.15) is 81.5 Å². The molecule has 0 bridgehead atoms. The summed E-state index contributed by atoms with van der Waals surface area (Å²) in [6, 6.07) is 42.0. The SMILES string of the molecule is CC(C)(C)[Si](C)(C)N=S(N)(=O)c1ccccc1.CN1CCC(Oc2cc(-c3ccc4c(c3NC(=O)N=S(N)(=O)c3ccccc3)CCC4)ccn2)CC1.CN1CCC(Oc2cc(-c3ccc4c(c3NC(=O)Oc3ccccc3)CCC4)ccn2)CC1. The molecule has 2 unspecified atom stereocenters. The lowest BCUT2D eigenvalue weighted by molar-refractivity contribution is 0.110. The number of anilines is 2. The van der Waals surface area contributed by atoms with Gasteiger partial charge in [0.15, 0.2) is 8.24 Å². The zero-order chi connectivity index (χ0) is 61.1. The fourth-order valence-corrected chi connectivity index (χ4v) is 16.4. The van der Waals surface area contributed by atoms with Crippen LogP contribution in [0.2, 0.25) is 18.1 Å². The Bertz CT molecular complexity index is 3740. The first-order chi connectivity index (χ1) is 41.1. The van der Waals surface area contributed by atoms with Crippen molar-refractivity contribution in [3.8, 4) is 39.8 Å². The highest BCUT2D eigenvalue weighted by atomic mass is 32.2. The summed E-state index contributed by atoms with van der Waals surface area (Å²) in [6.45, 7) is 14.7. The first-order valence-corrected chi connectivity index (χ1v) is 35.7. The minimum absolute atomic E-state index is 0.0454. The average molecular weight is 1220 g/mol. The van der Waals surface area contributed by atoms with Crippen molar-refractivity contribution in [3.05, 3.63) is 174 Å². The molecule has 3 amide bonds. The number of likely N-dealkylation sites (tertiary alicyclic amines) is 2. The van der Waals surface area contributed by atoms with Crippen molar-refractivity contribution >= 4 is 51.6 Å². The summed E-state index contributed by atoms with van der Waals surface area (Å²) in [6.07, 6.45) is 13.1. The maximum absolute atomic E-state index is 13.0. The third-order valence-corrected chi connectivity index (χ3v) is 25.5. The van der Waals surface area contributed by atoms with E-state index < -0.39 is 40.2 Å². The molecule has 5 aromatic carbocycles. The van der Waals surface area contributed by atoms with E-state index in [9.17, 15) is 18.0 Å². The zero-order valence-corrected chi connectivity index (χ0v) is 53.1. The molecular formula is C66H82N10O7S2Si. The van der Waals surface area contributed by atoms with E-state index in [-0.39, 0.29) is 17.2 Å². The number of aryl methyl sites for hydroxylation is 2. The summed E-state index contributed by atoms with van der Waals surface area (Å²) < 4.78 is 51.7. The fourth-order valence-electron chi connectivity index (χ4n) is 10.7. The van der Waals surface area contributed by atoms with Crippen LogP contribution in [0.5, 0.6) is 17.5 Å². The first-order valence-electron chi connectivity index (χ1n) is 29.6. The number of benzene rings is 5. The molecule has 2 fully saturated rings. The number of para-hydroxylation sites is 1. The zero-order valence-electron chi connectivity index (χ0n) is 50.5. The van der Waals surface area contributed by atoms with Crippen molar-refractivity contribution in [2.45, 2.75) is 125 Å². The minimum Gasteiger partial charge on any atom is -0.474 e. The molecule has 7 aromatic rings. The van der Waals surface area contributed by atoms with Gasteiger partial charge >= 0.3 is 12.1 Å². The summed E-state index contributed by atoms with van der Waals surface area (Å²) in [5.41, 5.74) is 9.90. The van der Waals surface area contributed by atoms with Crippen molar-refractivity contribution in [1.82, 2.24) is 19.8 Å². The number of nitrogens with zero attached hydrogens (tertiary/aromatic N) is 6. The van der Waals surface area contributed by atoms with E-state index in [4.69, 9.17) is 24.5 Å². The van der Waals surface area contributed by atoms with E-state index in [2.05, 4.69) is 105 Å². The number of nitrogens with one attached hydrogen (secondary N) is 2. The van der Waals surface area contributed by atoms with Gasteiger partial charge in [-0.2, -0.15) is 0 Å². The van der Waals surface area contributed by atoms with E-state index in [1.165, 1.54) is 16.7 Å². The van der Waals surface area contributed by atoms with Crippen LogP contribution < -0.4 is 35.1 Å². The lowest BCUT2D eigenvalue weighted by Gasteiger charge is -2.32. The number of rotatable bonds is 12. The van der Waals surface area contributed by atoms with Gasteiger partial charge in [0.1, 0.15) is 37.8 Å². The van der Waals surface area contributed by atoms with Crippen molar-refractivity contribution in [1.29, 1.82) is 0 Å². The van der Waals surface area contributed by atoms with Crippen LogP contribution in [0.3, 0.4) is 0 Å². The van der Waals surface area contributed by atoms with Crippen LogP contribution in [0, 0.1) is 0 Å². The summed E-state index contributed by atoms with van der Waals surface area (Å²) in [5, 5.41) is 17.9. The highest BCUT2D eigenvalue weighted by Gasteiger charge is 2.37. The van der Waals surface area contributed by atoms with Crippen LogP contribution in [0.4, 0.5) is 21.0 Å². The van der Waals surface area contributed by atoms with Crippen LogP contribution in [-0.4, -0.2) is 101 Å². The number of nitrogens with two attached hydrogens (primary N) is 2. The Labute approximate surface area is 509 Å². The molecule has 4 heterocycles. The predicted octanol–water partition coefficient (Wildman–Crippen LogP) is 13.4. The van der Waals surface area contributed by atoms with Crippen LogP contribution in [0.25, 0.3) is 22.3 Å². The highest BCUT2D eigenvalue weighted by Crippen LogP contribution is 2.41. The van der Waals surface area contributed by atoms with Crippen molar-refractivity contribution < 1.29 is 32.2 Å². The third kappa shape index (κ3) is 16.6. The second-order valence-electron chi connectivity index (χ2n) is 24.0. The molecule has 0 saturated carbocycles. The maximum Gasteiger partial charge on any atom is 0.417 e. The molecule has 11 rings (SSSR count). The highest BCUT2D eigenvalue weighted by molar-refractivity contribution is 7.92. The molecule has 20 heteroatoms. The smallest absolute Gasteiger partial charge is 0.417 e. The number of pyridine rings is 2. The molecule has 0 spiro atoms. The lowest BCUT2D eigenvalue weighted by atomic mass is 9.98. The van der Waals surface area contributed by atoms with Gasteiger partial charge < -0.3 is 29.3 Å². The Hall–Kier alpha value is -7.30. The van der Waals surface area contributed by atoms with Gasteiger partial charge in [0.05, 0.1) is 21.2 Å². The fraction of sp³-hybridized carbons (Fsp3) is 0.364. The molecule has 2 atom stereocenters. The van der Waals surface area contributed by atoms with E-state index in [1.54, 1.807) is 67.0 Å². The molecule has 454 valence electrons. The summed E-state index contributed by atoms with van der Waals surface area (Å²) in [5.74, 6) is 1.71. The number of carbonyl (C=O) groups excluding carboxylic acids is 2. The van der Waals surface area contributed by atoms with Crippen LogP contribution >= 0.6 is 0 Å². The molecule has 4 aliphatic rings. The number of aromatic nitrogens is 2. The van der Waals surface area contributed by atoms with E-state index in [0.29, 0.717) is 33.0 Å². The molecule has 0 radical (unpaired) electrons. The molecule has 6 N–H and O–H groups in total.